The zero-order chi connectivity index (χ0) is 31.2. The van der Waals surface area contributed by atoms with Crippen LogP contribution in [0.2, 0.25) is 13.1 Å². The van der Waals surface area contributed by atoms with Crippen LogP contribution in [0.5, 0.6) is 0 Å². The number of allylic oxidation sites excluding steroid dienone is 1. The maximum Gasteiger partial charge on any atom is 3.00 e. The van der Waals surface area contributed by atoms with Gasteiger partial charge in [-0.15, -0.1) is 45.9 Å². The van der Waals surface area contributed by atoms with E-state index < -0.39 is 37.6 Å². The summed E-state index contributed by atoms with van der Waals surface area (Å²) in [4.78, 5) is 3.14. The van der Waals surface area contributed by atoms with E-state index in [-0.39, 0.29) is 68.7 Å². The van der Waals surface area contributed by atoms with Gasteiger partial charge >= 0.3 is 44.7 Å². The Kier molecular flexibility index (Phi) is 11.4. The average molecular weight is 792 g/mol. The van der Waals surface area contributed by atoms with Gasteiger partial charge in [-0.2, -0.15) is 45.6 Å². The Morgan fingerprint density at radius 3 is 1.76 bits per heavy atom. The summed E-state index contributed by atoms with van der Waals surface area (Å²) in [5.74, 6) is 0. The maximum absolute atomic E-state index is 13.2. The normalized spacial score (nSPS) is 16.9. The number of hydrogen-bond acceptors (Lipinski definition) is 1. The molecule has 0 nitrogen and oxygen atoms in total. The molecule has 1 atom stereocenters. The van der Waals surface area contributed by atoms with Crippen LogP contribution in [0.4, 0.5) is 39.5 Å². The van der Waals surface area contributed by atoms with Gasteiger partial charge < -0.3 is 24.8 Å². The van der Waals surface area contributed by atoms with Gasteiger partial charge in [-0.3, -0.25) is 0 Å². The molecule has 0 spiro atoms. The van der Waals surface area contributed by atoms with Gasteiger partial charge in [0, 0.05) is 15.3 Å². The molecule has 45 heavy (non-hydrogen) atoms. The summed E-state index contributed by atoms with van der Waals surface area (Å²) in [5, 5.41) is 3.26. The van der Waals surface area contributed by atoms with Gasteiger partial charge in [0.05, 0.1) is 8.07 Å². The van der Waals surface area contributed by atoms with E-state index in [0.717, 1.165) is 28.6 Å². The third-order valence-electron chi connectivity index (χ3n) is 8.42. The molecule has 0 N–H and O–H groups in total. The van der Waals surface area contributed by atoms with Crippen LogP contribution in [0.1, 0.15) is 38.9 Å². The zero-order valence-corrected chi connectivity index (χ0v) is 30.2. The molecule has 0 saturated carbocycles. The van der Waals surface area contributed by atoms with Crippen LogP contribution >= 0.6 is 11.3 Å². The number of alkyl halides is 9. The largest absolute Gasteiger partial charge is 3.00 e. The van der Waals surface area contributed by atoms with Crippen LogP contribution < -0.4 is 24.8 Å². The number of rotatable bonds is 2. The van der Waals surface area contributed by atoms with E-state index in [9.17, 15) is 39.5 Å². The number of thiophene rings is 1. The fraction of sp³-hybridized carbons (Fsp3) is 0.323. The fourth-order valence-corrected chi connectivity index (χ4v) is 13.1. The van der Waals surface area contributed by atoms with Crippen LogP contribution in [0.25, 0.3) is 27.1 Å². The summed E-state index contributed by atoms with van der Waals surface area (Å²) < 4.78 is 119. The minimum atomic E-state index is -6.63. The van der Waals surface area contributed by atoms with Crippen LogP contribution in [0, 0.1) is 13.8 Å². The van der Waals surface area contributed by atoms with Crippen molar-refractivity contribution >= 4 is 35.4 Å². The molecule has 1 aliphatic carbocycles. The van der Waals surface area contributed by atoms with Crippen molar-refractivity contribution in [1.29, 1.82) is 0 Å². The smallest absolute Gasteiger partial charge is 1.00 e. The number of hydrogen-bond donors (Lipinski definition) is 0. The molecule has 3 heterocycles. The Balaban J connectivity index is 0.000000369. The first-order valence-electron chi connectivity index (χ1n) is 13.0. The van der Waals surface area contributed by atoms with Gasteiger partial charge in [0.2, 0.25) is 0 Å². The van der Waals surface area contributed by atoms with Gasteiger partial charge in [0.15, 0.2) is 0 Å². The Labute approximate surface area is 291 Å². The van der Waals surface area contributed by atoms with Crippen molar-refractivity contribution in [3.63, 3.8) is 0 Å². The van der Waals surface area contributed by atoms with Crippen LogP contribution in [-0.4, -0.2) is 26.6 Å². The molecule has 1 unspecified atom stereocenters. The first kappa shape index (κ1) is 39.7. The summed E-state index contributed by atoms with van der Waals surface area (Å²) in [7, 11) is -0.995. The topological polar surface area (TPSA) is 0 Å². The summed E-state index contributed by atoms with van der Waals surface area (Å²) in [6.45, 7) is 11.4. The fourth-order valence-electron chi connectivity index (χ4n) is 6.81. The van der Waals surface area contributed by atoms with Crippen molar-refractivity contribution in [2.45, 2.75) is 63.4 Å². The van der Waals surface area contributed by atoms with Gasteiger partial charge in [-0.1, -0.05) is 61.5 Å². The van der Waals surface area contributed by atoms with Crippen LogP contribution in [-0.2, 0) is 31.6 Å². The van der Waals surface area contributed by atoms with Crippen molar-refractivity contribution < 1.29 is 90.5 Å². The van der Waals surface area contributed by atoms with Crippen molar-refractivity contribution in [3.05, 3.63) is 92.7 Å². The van der Waals surface area contributed by atoms with E-state index in [4.69, 9.17) is 0 Å². The Morgan fingerprint density at radius 2 is 1.29 bits per heavy atom. The molecule has 3 aromatic carbocycles. The van der Waals surface area contributed by atoms with E-state index in [0.29, 0.717) is 10.9 Å². The third-order valence-corrected chi connectivity index (χ3v) is 13.8. The van der Waals surface area contributed by atoms with Gasteiger partial charge in [-0.25, -0.2) is 0 Å². The number of aryl methyl sites for hydroxylation is 2. The van der Waals surface area contributed by atoms with E-state index >= 15 is 0 Å². The van der Waals surface area contributed by atoms with Gasteiger partial charge in [0.1, 0.15) is 0 Å². The Morgan fingerprint density at radius 1 is 0.756 bits per heavy atom. The second-order valence-corrected chi connectivity index (χ2v) is 17.3. The van der Waals surface area contributed by atoms with Crippen molar-refractivity contribution in [1.82, 2.24) is 0 Å². The van der Waals surface area contributed by atoms with Crippen molar-refractivity contribution in [2.75, 3.05) is 0 Å². The summed E-state index contributed by atoms with van der Waals surface area (Å²) in [5.41, 5.74) is -2.10. The number of fused-ring (bicyclic) bond motifs is 1. The molecule has 0 amide bonds. The molecule has 2 bridgehead atoms. The second-order valence-electron chi connectivity index (χ2n) is 11.5. The molecule has 3 aliphatic rings. The molecule has 4 aromatic rings. The maximum atomic E-state index is 13.2. The van der Waals surface area contributed by atoms with E-state index in [1.54, 1.807) is 52.4 Å². The molecule has 0 saturated heterocycles. The van der Waals surface area contributed by atoms with Gasteiger partial charge in [-0.05, 0) is 41.8 Å². The summed E-state index contributed by atoms with van der Waals surface area (Å²) in [6, 6.07) is 13.1. The molecule has 14 heteroatoms. The molecule has 0 fully saturated rings. The standard InChI is InChI=1S/C20H12F9.C11H14SSi.2ClH.Zr/c1-11-9-13-3-2-4-15(16(13)10-11)12-5-7-14(8-6-12)17(18(21,22)23,19(24,25)26)20(27,28)29;1-6-5-8-9(12-6)11-7(2)10(8)13(11,3)4;;;/h2-10H,1H3;5,10H,1-4H3;2*1H;/q-1;;;;+3/p-2. The Hall–Kier alpha value is -1.46. The van der Waals surface area contributed by atoms with Crippen molar-refractivity contribution in [2.24, 2.45) is 0 Å². The number of halogens is 11. The van der Waals surface area contributed by atoms with Crippen LogP contribution in [0.3, 0.4) is 0 Å². The minimum Gasteiger partial charge on any atom is -1.00 e. The van der Waals surface area contributed by atoms with E-state index in [1.807, 2.05) is 17.4 Å². The first-order valence-corrected chi connectivity index (χ1v) is 16.9. The molecule has 1 aromatic heterocycles. The Bertz CT molecular complexity index is 1680. The number of benzene rings is 2. The molecule has 241 valence electrons. The van der Waals surface area contributed by atoms with E-state index in [1.165, 1.54) is 4.88 Å². The first-order chi connectivity index (χ1) is 19.2. The zero-order valence-electron chi connectivity index (χ0n) is 24.4. The van der Waals surface area contributed by atoms with Gasteiger partial charge in [0.25, 0.3) is 5.41 Å². The molecule has 7 rings (SSSR count). The summed E-state index contributed by atoms with van der Waals surface area (Å²) in [6.07, 6.45) is -19.9. The average Bonchev–Trinajstić information content (AvgIpc) is 3.50. The summed E-state index contributed by atoms with van der Waals surface area (Å²) >= 11 is 2.01. The molecular formula is C31H26Cl2F9SSiZr. The molecule has 1 radical (unpaired) electrons. The van der Waals surface area contributed by atoms with Crippen LogP contribution in [0.15, 0.2) is 66.2 Å². The SMILES string of the molecule is CC1=C2c3sc(C)cc3C1[Si]2(C)C.Cc1cc2c(-c3ccc(C(C(F)(F)F)(C(F)(F)F)C(F)(F)F)cc3)cccc2[cH-]1.[Cl-].[Cl-].[Zr+3]. The molecule has 2 aliphatic heterocycles. The quantitative estimate of drug-likeness (QED) is 0.149. The second kappa shape index (κ2) is 12.9. The van der Waals surface area contributed by atoms with Crippen molar-refractivity contribution in [3.8, 4) is 11.1 Å². The van der Waals surface area contributed by atoms with E-state index in [2.05, 4.69) is 33.0 Å². The predicted octanol–water partition coefficient (Wildman–Crippen LogP) is 5.19. The minimum absolute atomic E-state index is 0. The predicted molar refractivity (Wildman–Crippen MR) is 151 cm³/mol. The third kappa shape index (κ3) is 6.05. The molecular weight excluding hydrogens is 766 g/mol. The monoisotopic (exact) mass is 789 g/mol.